The minimum Gasteiger partial charge on any atom is -0.464 e. The lowest BCUT2D eigenvalue weighted by Gasteiger charge is -1.97. The van der Waals surface area contributed by atoms with Crippen molar-refractivity contribution in [3.63, 3.8) is 0 Å². The summed E-state index contributed by atoms with van der Waals surface area (Å²) in [4.78, 5) is 10.7. The van der Waals surface area contributed by atoms with E-state index in [4.69, 9.17) is 0 Å². The smallest absolute Gasteiger partial charge is 0.445 e. The van der Waals surface area contributed by atoms with Gasteiger partial charge in [-0.3, -0.25) is 0 Å². The highest BCUT2D eigenvalue weighted by molar-refractivity contribution is 7.13. The Labute approximate surface area is 74.3 Å². The highest BCUT2D eigenvalue weighted by Crippen LogP contribution is 2.31. The first-order valence-electron chi connectivity index (χ1n) is 2.94. The van der Waals surface area contributed by atoms with Crippen molar-refractivity contribution in [3.8, 4) is 0 Å². The topological polar surface area (TPSA) is 52.1 Å². The van der Waals surface area contributed by atoms with E-state index >= 15 is 0 Å². The maximum atomic E-state index is 11.9. The molecule has 0 atom stereocenters. The van der Waals surface area contributed by atoms with Crippen LogP contribution in [0.4, 0.5) is 13.2 Å². The molecule has 1 aromatic heterocycles. The van der Waals surface area contributed by atoms with Crippen LogP contribution in [0, 0.1) is 0 Å². The minimum atomic E-state index is -4.57. The second-order valence-corrected chi connectivity index (χ2v) is 2.88. The van der Waals surface area contributed by atoms with Gasteiger partial charge in [0.15, 0.2) is 0 Å². The monoisotopic (exact) mass is 212 g/mol. The van der Waals surface area contributed by atoms with E-state index in [1.807, 2.05) is 0 Å². The van der Waals surface area contributed by atoms with E-state index in [0.29, 0.717) is 0 Å². The van der Waals surface area contributed by atoms with Gasteiger partial charge in [-0.15, -0.1) is 10.2 Å². The van der Waals surface area contributed by atoms with Crippen LogP contribution in [-0.4, -0.2) is 23.3 Å². The number of hydrogen-bond donors (Lipinski definition) is 0. The van der Waals surface area contributed by atoms with E-state index in [1.54, 1.807) is 0 Å². The van der Waals surface area contributed by atoms with Crippen molar-refractivity contribution in [2.75, 3.05) is 7.11 Å². The van der Waals surface area contributed by atoms with E-state index in [1.165, 1.54) is 0 Å². The molecular formula is C5H3F3N2O2S. The molecule has 8 heteroatoms. The van der Waals surface area contributed by atoms with Gasteiger partial charge in [-0.2, -0.15) is 13.2 Å². The Morgan fingerprint density at radius 3 is 2.46 bits per heavy atom. The van der Waals surface area contributed by atoms with Gasteiger partial charge in [-0.1, -0.05) is 11.3 Å². The van der Waals surface area contributed by atoms with Crippen LogP contribution in [0.1, 0.15) is 14.8 Å². The number of carbonyl (C=O) groups excluding carboxylic acids is 1. The molecule has 0 saturated heterocycles. The molecule has 0 amide bonds. The van der Waals surface area contributed by atoms with Crippen molar-refractivity contribution in [1.29, 1.82) is 0 Å². The zero-order chi connectivity index (χ0) is 10.1. The van der Waals surface area contributed by atoms with Crippen molar-refractivity contribution < 1.29 is 22.7 Å². The largest absolute Gasteiger partial charge is 0.464 e. The van der Waals surface area contributed by atoms with Crippen LogP contribution < -0.4 is 0 Å². The number of aromatic nitrogens is 2. The van der Waals surface area contributed by atoms with E-state index in [2.05, 4.69) is 14.9 Å². The molecule has 0 fully saturated rings. The summed E-state index contributed by atoms with van der Waals surface area (Å²) in [5.74, 6) is -0.923. The quantitative estimate of drug-likeness (QED) is 0.659. The fourth-order valence-electron chi connectivity index (χ4n) is 0.508. The first-order valence-corrected chi connectivity index (χ1v) is 3.76. The van der Waals surface area contributed by atoms with E-state index in [-0.39, 0.29) is 11.3 Å². The average Bonchev–Trinajstić information content (AvgIpc) is 2.50. The molecule has 0 bridgehead atoms. The molecule has 13 heavy (non-hydrogen) atoms. The lowest BCUT2D eigenvalue weighted by atomic mass is 10.7. The third kappa shape index (κ3) is 2.14. The van der Waals surface area contributed by atoms with Crippen LogP contribution in [0.5, 0.6) is 0 Å². The van der Waals surface area contributed by atoms with Gasteiger partial charge in [0.25, 0.3) is 0 Å². The molecule has 0 aliphatic carbocycles. The number of methoxy groups -OCH3 is 1. The maximum absolute atomic E-state index is 11.9. The normalized spacial score (nSPS) is 11.4. The molecule has 72 valence electrons. The highest BCUT2D eigenvalue weighted by Gasteiger charge is 2.36. The van der Waals surface area contributed by atoms with Gasteiger partial charge in [-0.05, 0) is 0 Å². The zero-order valence-electron chi connectivity index (χ0n) is 6.25. The maximum Gasteiger partial charge on any atom is 0.445 e. The Bertz CT molecular complexity index is 322. The van der Waals surface area contributed by atoms with Crippen LogP contribution in [0.2, 0.25) is 0 Å². The number of halogens is 3. The van der Waals surface area contributed by atoms with Gasteiger partial charge < -0.3 is 4.74 Å². The van der Waals surface area contributed by atoms with Gasteiger partial charge in [0.05, 0.1) is 7.11 Å². The number of ether oxygens (including phenoxy) is 1. The molecule has 0 aromatic carbocycles. The Morgan fingerprint density at radius 2 is 2.08 bits per heavy atom. The predicted molar refractivity (Wildman–Crippen MR) is 36.3 cm³/mol. The Morgan fingerprint density at radius 1 is 1.46 bits per heavy atom. The molecule has 1 aromatic rings. The number of nitrogens with zero attached hydrogens (tertiary/aromatic N) is 2. The van der Waals surface area contributed by atoms with E-state index in [9.17, 15) is 18.0 Å². The third-order valence-corrected chi connectivity index (χ3v) is 1.98. The average molecular weight is 212 g/mol. The van der Waals surface area contributed by atoms with Crippen molar-refractivity contribution in [2.45, 2.75) is 6.18 Å². The molecule has 0 aliphatic rings. The molecule has 0 unspecified atom stereocenters. The molecule has 1 heterocycles. The fraction of sp³-hybridized carbons (Fsp3) is 0.400. The standard InChI is InChI=1S/C5H3F3N2O2S/c1-12-3(11)2-9-10-4(13-2)5(6,7)8/h1H3. The summed E-state index contributed by atoms with van der Waals surface area (Å²) < 4.78 is 39.9. The molecule has 0 saturated carbocycles. The molecular weight excluding hydrogens is 209 g/mol. The summed E-state index contributed by atoms with van der Waals surface area (Å²) in [7, 11) is 1.05. The fourth-order valence-corrected chi connectivity index (χ4v) is 1.14. The van der Waals surface area contributed by atoms with E-state index < -0.39 is 22.2 Å². The van der Waals surface area contributed by atoms with Gasteiger partial charge >= 0.3 is 12.1 Å². The number of hydrogen-bond acceptors (Lipinski definition) is 5. The second kappa shape index (κ2) is 3.29. The minimum absolute atomic E-state index is 0.151. The van der Waals surface area contributed by atoms with Crippen LogP contribution >= 0.6 is 11.3 Å². The number of rotatable bonds is 1. The van der Waals surface area contributed by atoms with Gasteiger partial charge in [-0.25, -0.2) is 4.79 Å². The zero-order valence-corrected chi connectivity index (χ0v) is 7.07. The molecule has 0 N–H and O–H groups in total. The predicted octanol–water partition coefficient (Wildman–Crippen LogP) is 1.34. The number of alkyl halides is 3. The lowest BCUT2D eigenvalue weighted by Crippen LogP contribution is -2.03. The van der Waals surface area contributed by atoms with Gasteiger partial charge in [0.1, 0.15) is 0 Å². The number of carbonyl (C=O) groups is 1. The Kier molecular flexibility index (Phi) is 2.50. The Balaban J connectivity index is 2.93. The summed E-state index contributed by atoms with van der Waals surface area (Å²) in [5.41, 5.74) is 0. The second-order valence-electron chi connectivity index (χ2n) is 1.90. The molecule has 1 rings (SSSR count). The van der Waals surface area contributed by atoms with E-state index in [0.717, 1.165) is 7.11 Å². The number of esters is 1. The third-order valence-electron chi connectivity index (χ3n) is 1.03. The van der Waals surface area contributed by atoms with Crippen LogP contribution in [-0.2, 0) is 10.9 Å². The van der Waals surface area contributed by atoms with Crippen LogP contribution in [0.3, 0.4) is 0 Å². The SMILES string of the molecule is COC(=O)c1nnc(C(F)(F)F)s1. The molecule has 0 spiro atoms. The van der Waals surface area contributed by atoms with Crippen molar-refractivity contribution in [3.05, 3.63) is 10.0 Å². The molecule has 0 radical (unpaired) electrons. The molecule has 4 nitrogen and oxygen atoms in total. The van der Waals surface area contributed by atoms with Crippen molar-refractivity contribution in [2.24, 2.45) is 0 Å². The summed E-state index contributed by atoms with van der Waals surface area (Å²) in [6, 6.07) is 0. The summed E-state index contributed by atoms with van der Waals surface area (Å²) in [6.07, 6.45) is -4.57. The van der Waals surface area contributed by atoms with Crippen molar-refractivity contribution >= 4 is 17.3 Å². The lowest BCUT2D eigenvalue weighted by molar-refractivity contribution is -0.138. The first kappa shape index (κ1) is 9.90. The first-order chi connectivity index (χ1) is 5.95. The summed E-state index contributed by atoms with van der Waals surface area (Å²) >= 11 is 0.151. The highest BCUT2D eigenvalue weighted by atomic mass is 32.1. The van der Waals surface area contributed by atoms with Gasteiger partial charge in [0.2, 0.25) is 10.0 Å². The van der Waals surface area contributed by atoms with Crippen LogP contribution in [0.15, 0.2) is 0 Å². The summed E-state index contributed by atoms with van der Waals surface area (Å²) in [6.45, 7) is 0. The molecule has 0 aliphatic heterocycles. The summed E-state index contributed by atoms with van der Waals surface area (Å²) in [5, 5.41) is 4.26. The Hall–Kier alpha value is -1.18. The van der Waals surface area contributed by atoms with Gasteiger partial charge in [0, 0.05) is 0 Å². The van der Waals surface area contributed by atoms with Crippen molar-refractivity contribution in [1.82, 2.24) is 10.2 Å². The van der Waals surface area contributed by atoms with Crippen LogP contribution in [0.25, 0.3) is 0 Å².